The van der Waals surface area contributed by atoms with Crippen molar-refractivity contribution in [3.8, 4) is 45.1 Å². The highest BCUT2D eigenvalue weighted by molar-refractivity contribution is 5.69. The van der Waals surface area contributed by atoms with Gasteiger partial charge in [0.05, 0.1) is 23.3 Å². The van der Waals surface area contributed by atoms with Gasteiger partial charge in [-0.25, -0.2) is 9.36 Å². The van der Waals surface area contributed by atoms with Gasteiger partial charge >= 0.3 is 0 Å². The SMILES string of the molecule is Cc1nn(-c2cccc(Oc3cccc(-n4cc(-c5ccccc5)cn4)c3)c2)c(C)c1-c1ccncc1. The fourth-order valence-corrected chi connectivity index (χ4v) is 4.58. The molecule has 0 spiro atoms. The van der Waals surface area contributed by atoms with E-state index >= 15 is 0 Å². The Bertz CT molecular complexity index is 1670. The second kappa shape index (κ2) is 9.59. The fraction of sp³-hybridized carbons (Fsp3) is 0.0645. The average Bonchev–Trinajstić information content (AvgIpc) is 3.55. The van der Waals surface area contributed by atoms with Crippen LogP contribution in [-0.4, -0.2) is 24.5 Å². The number of aryl methyl sites for hydroxylation is 1. The van der Waals surface area contributed by atoms with Gasteiger partial charge in [0, 0.05) is 47.5 Å². The molecule has 6 heteroatoms. The van der Waals surface area contributed by atoms with Gasteiger partial charge in [-0.2, -0.15) is 10.2 Å². The summed E-state index contributed by atoms with van der Waals surface area (Å²) in [6.07, 6.45) is 7.51. The molecular formula is C31H25N5O. The number of ether oxygens (including phenoxy) is 1. The smallest absolute Gasteiger partial charge is 0.129 e. The van der Waals surface area contributed by atoms with Gasteiger partial charge in [-0.3, -0.25) is 4.98 Å². The van der Waals surface area contributed by atoms with Crippen molar-refractivity contribution in [2.75, 3.05) is 0 Å². The summed E-state index contributed by atoms with van der Waals surface area (Å²) in [6.45, 7) is 4.12. The minimum Gasteiger partial charge on any atom is -0.457 e. The lowest BCUT2D eigenvalue weighted by molar-refractivity contribution is 0.481. The number of aromatic nitrogens is 5. The minimum atomic E-state index is 0.734. The molecule has 0 saturated heterocycles. The minimum absolute atomic E-state index is 0.734. The van der Waals surface area contributed by atoms with Crippen molar-refractivity contribution in [3.05, 3.63) is 127 Å². The van der Waals surface area contributed by atoms with E-state index in [1.54, 1.807) is 12.4 Å². The van der Waals surface area contributed by atoms with E-state index in [1.165, 1.54) is 0 Å². The summed E-state index contributed by atoms with van der Waals surface area (Å²) in [5.41, 5.74) is 8.33. The first-order valence-corrected chi connectivity index (χ1v) is 12.1. The highest BCUT2D eigenvalue weighted by Gasteiger charge is 2.15. The molecule has 0 aliphatic carbocycles. The lowest BCUT2D eigenvalue weighted by Crippen LogP contribution is -1.99. The van der Waals surface area contributed by atoms with E-state index in [4.69, 9.17) is 9.84 Å². The molecule has 6 nitrogen and oxygen atoms in total. The van der Waals surface area contributed by atoms with Crippen LogP contribution in [0.3, 0.4) is 0 Å². The van der Waals surface area contributed by atoms with Crippen LogP contribution in [0.1, 0.15) is 11.4 Å². The zero-order valence-corrected chi connectivity index (χ0v) is 20.6. The Morgan fingerprint density at radius 1 is 0.676 bits per heavy atom. The molecule has 0 N–H and O–H groups in total. The highest BCUT2D eigenvalue weighted by atomic mass is 16.5. The molecule has 0 saturated carbocycles. The van der Waals surface area contributed by atoms with Gasteiger partial charge in [0.15, 0.2) is 0 Å². The van der Waals surface area contributed by atoms with Crippen LogP contribution < -0.4 is 4.74 Å². The molecular weight excluding hydrogens is 458 g/mol. The number of rotatable bonds is 6. The van der Waals surface area contributed by atoms with E-state index in [-0.39, 0.29) is 0 Å². The van der Waals surface area contributed by atoms with Crippen LogP contribution in [0.2, 0.25) is 0 Å². The van der Waals surface area contributed by atoms with Gasteiger partial charge in [-0.15, -0.1) is 0 Å². The fourth-order valence-electron chi connectivity index (χ4n) is 4.58. The van der Waals surface area contributed by atoms with Crippen LogP contribution in [0.25, 0.3) is 33.6 Å². The molecule has 3 heterocycles. The van der Waals surface area contributed by atoms with Crippen LogP contribution in [0.15, 0.2) is 116 Å². The number of benzene rings is 3. The largest absolute Gasteiger partial charge is 0.457 e. The Kier molecular flexibility index (Phi) is 5.83. The van der Waals surface area contributed by atoms with Crippen molar-refractivity contribution in [2.45, 2.75) is 13.8 Å². The zero-order valence-electron chi connectivity index (χ0n) is 20.6. The summed E-state index contributed by atoms with van der Waals surface area (Å²) >= 11 is 0. The maximum atomic E-state index is 6.27. The van der Waals surface area contributed by atoms with Crippen molar-refractivity contribution in [2.24, 2.45) is 0 Å². The molecule has 6 aromatic rings. The van der Waals surface area contributed by atoms with Gasteiger partial charge in [-0.05, 0) is 61.4 Å². The Balaban J connectivity index is 1.27. The quantitative estimate of drug-likeness (QED) is 0.251. The van der Waals surface area contributed by atoms with Crippen molar-refractivity contribution < 1.29 is 4.74 Å². The first-order valence-electron chi connectivity index (χ1n) is 12.1. The maximum Gasteiger partial charge on any atom is 0.129 e. The van der Waals surface area contributed by atoms with E-state index in [9.17, 15) is 0 Å². The van der Waals surface area contributed by atoms with Crippen LogP contribution in [0, 0.1) is 13.8 Å². The molecule has 0 aliphatic rings. The summed E-state index contributed by atoms with van der Waals surface area (Å²) in [7, 11) is 0. The van der Waals surface area contributed by atoms with Gasteiger partial charge in [0.25, 0.3) is 0 Å². The van der Waals surface area contributed by atoms with E-state index in [1.807, 2.05) is 108 Å². The van der Waals surface area contributed by atoms with E-state index in [0.29, 0.717) is 0 Å². The lowest BCUT2D eigenvalue weighted by atomic mass is 10.1. The van der Waals surface area contributed by atoms with Crippen LogP contribution >= 0.6 is 0 Å². The number of nitrogens with zero attached hydrogens (tertiary/aromatic N) is 5. The summed E-state index contributed by atoms with van der Waals surface area (Å²) in [5, 5.41) is 9.37. The summed E-state index contributed by atoms with van der Waals surface area (Å²) in [4.78, 5) is 4.14. The number of hydrogen-bond donors (Lipinski definition) is 0. The van der Waals surface area contributed by atoms with Crippen LogP contribution in [-0.2, 0) is 0 Å². The third-order valence-electron chi connectivity index (χ3n) is 6.33. The van der Waals surface area contributed by atoms with Crippen molar-refractivity contribution in [3.63, 3.8) is 0 Å². The van der Waals surface area contributed by atoms with Crippen molar-refractivity contribution in [1.82, 2.24) is 24.5 Å². The van der Waals surface area contributed by atoms with E-state index < -0.39 is 0 Å². The third kappa shape index (κ3) is 4.52. The number of pyridine rings is 1. The Hall–Kier alpha value is -4.97. The maximum absolute atomic E-state index is 6.27. The standard InChI is InChI=1S/C31H25N5O/c1-22-31(25-14-16-32-17-15-25)23(2)36(34-22)28-11-7-13-30(19-28)37-29-12-6-10-27(18-29)35-21-26(20-33-35)24-8-4-3-5-9-24/h3-21H,1-2H3. The first kappa shape index (κ1) is 22.5. The van der Waals surface area contributed by atoms with Gasteiger partial charge in [0.1, 0.15) is 11.5 Å². The number of hydrogen-bond acceptors (Lipinski definition) is 4. The van der Waals surface area contributed by atoms with Crippen LogP contribution in [0.4, 0.5) is 0 Å². The molecule has 3 aromatic heterocycles. The molecule has 6 rings (SSSR count). The van der Waals surface area contributed by atoms with E-state index in [2.05, 4.69) is 29.1 Å². The molecule has 0 unspecified atom stereocenters. The molecule has 0 atom stereocenters. The average molecular weight is 484 g/mol. The second-order valence-corrected chi connectivity index (χ2v) is 8.83. The lowest BCUT2D eigenvalue weighted by Gasteiger charge is -2.11. The monoisotopic (exact) mass is 483 g/mol. The Labute approximate surface area is 215 Å². The molecule has 0 aliphatic heterocycles. The molecule has 0 amide bonds. The Morgan fingerprint density at radius 3 is 2.14 bits per heavy atom. The van der Waals surface area contributed by atoms with Gasteiger partial charge < -0.3 is 4.74 Å². The molecule has 180 valence electrons. The third-order valence-corrected chi connectivity index (χ3v) is 6.33. The summed E-state index contributed by atoms with van der Waals surface area (Å²) in [6, 6.07) is 30.1. The molecule has 3 aromatic carbocycles. The van der Waals surface area contributed by atoms with Gasteiger partial charge in [0.2, 0.25) is 0 Å². The molecule has 37 heavy (non-hydrogen) atoms. The normalized spacial score (nSPS) is 11.0. The first-order chi connectivity index (χ1) is 18.2. The summed E-state index contributed by atoms with van der Waals surface area (Å²) < 4.78 is 10.1. The molecule has 0 radical (unpaired) electrons. The van der Waals surface area contributed by atoms with Crippen LogP contribution in [0.5, 0.6) is 11.5 Å². The van der Waals surface area contributed by atoms with Gasteiger partial charge in [-0.1, -0.05) is 42.5 Å². The summed E-state index contributed by atoms with van der Waals surface area (Å²) in [5.74, 6) is 1.47. The predicted octanol–water partition coefficient (Wildman–Crippen LogP) is 7.20. The second-order valence-electron chi connectivity index (χ2n) is 8.83. The predicted molar refractivity (Wildman–Crippen MR) is 145 cm³/mol. The topological polar surface area (TPSA) is 57.8 Å². The Morgan fingerprint density at radius 2 is 1.38 bits per heavy atom. The highest BCUT2D eigenvalue weighted by Crippen LogP contribution is 2.30. The zero-order chi connectivity index (χ0) is 25.2. The molecule has 0 bridgehead atoms. The van der Waals surface area contributed by atoms with E-state index in [0.717, 1.165) is 56.5 Å². The molecule has 0 fully saturated rings. The van der Waals surface area contributed by atoms with Crippen molar-refractivity contribution in [1.29, 1.82) is 0 Å². The van der Waals surface area contributed by atoms with Crippen molar-refractivity contribution >= 4 is 0 Å².